The zero-order chi connectivity index (χ0) is 32.8. The summed E-state index contributed by atoms with van der Waals surface area (Å²) in [6.07, 6.45) is 1.71. The Morgan fingerprint density at radius 3 is 2.13 bits per heavy atom. The molecule has 45 heavy (non-hydrogen) atoms. The standard InChI is InChI=1S/C31H33IN2O10S/c1-8-42-24(35)15-44-27-19(32)10-17(11-20(27)38-4)12-23-29(36)34-26(18-13-21(39-5)28(41-7)22(14-18)40-6)25(30(37)43-9-2)16(3)33-31(34)45-23/h10-14,26H,8-9,15H2,1-7H3/b23-12-/t26-/m1/s1. The summed E-state index contributed by atoms with van der Waals surface area (Å²) in [7, 11) is 5.95. The lowest BCUT2D eigenvalue weighted by atomic mass is 9.95. The fourth-order valence-corrected chi connectivity index (χ4v) is 6.64. The Bertz CT molecular complexity index is 1800. The number of carbonyl (C=O) groups is 2. The Morgan fingerprint density at radius 2 is 1.56 bits per heavy atom. The number of rotatable bonds is 12. The van der Waals surface area contributed by atoms with E-state index < -0.39 is 18.0 Å². The predicted octanol–water partition coefficient (Wildman–Crippen LogP) is 3.38. The second kappa shape index (κ2) is 14.8. The van der Waals surface area contributed by atoms with E-state index in [1.807, 2.05) is 0 Å². The van der Waals surface area contributed by atoms with Gasteiger partial charge in [0.25, 0.3) is 5.56 Å². The lowest BCUT2D eigenvalue weighted by Gasteiger charge is -2.26. The number of halogens is 1. The van der Waals surface area contributed by atoms with Gasteiger partial charge in [-0.2, -0.15) is 0 Å². The fourth-order valence-electron chi connectivity index (χ4n) is 4.81. The van der Waals surface area contributed by atoms with Gasteiger partial charge in [0.1, 0.15) is 0 Å². The lowest BCUT2D eigenvalue weighted by Crippen LogP contribution is -2.40. The molecule has 1 aliphatic heterocycles. The third kappa shape index (κ3) is 6.96. The molecule has 0 saturated heterocycles. The molecule has 240 valence electrons. The van der Waals surface area contributed by atoms with E-state index >= 15 is 0 Å². The molecule has 14 heteroatoms. The molecule has 0 aliphatic carbocycles. The molecule has 2 heterocycles. The van der Waals surface area contributed by atoms with E-state index in [-0.39, 0.29) is 31.0 Å². The number of esters is 2. The molecule has 0 saturated carbocycles. The maximum atomic E-state index is 14.1. The van der Waals surface area contributed by atoms with E-state index in [1.165, 1.54) is 44.3 Å². The molecule has 3 aromatic rings. The van der Waals surface area contributed by atoms with Gasteiger partial charge in [0.05, 0.1) is 67.1 Å². The Hall–Kier alpha value is -4.05. The highest BCUT2D eigenvalue weighted by Crippen LogP contribution is 2.42. The summed E-state index contributed by atoms with van der Waals surface area (Å²) >= 11 is 3.25. The van der Waals surface area contributed by atoms with Crippen molar-refractivity contribution in [3.05, 3.63) is 69.9 Å². The Labute approximate surface area is 277 Å². The number of hydrogen-bond acceptors (Lipinski definition) is 12. The van der Waals surface area contributed by atoms with Crippen LogP contribution in [0.4, 0.5) is 0 Å². The Kier molecular flexibility index (Phi) is 11.1. The second-order valence-electron chi connectivity index (χ2n) is 9.39. The SMILES string of the molecule is CCOC(=O)COc1c(I)cc(/C=c2\sc3n(c2=O)[C@H](c2cc(OC)c(OC)c(OC)c2)C(C(=O)OCC)=C(C)N=3)cc1OC. The van der Waals surface area contributed by atoms with Gasteiger partial charge < -0.3 is 33.2 Å². The van der Waals surface area contributed by atoms with Crippen LogP contribution >= 0.6 is 33.9 Å². The number of methoxy groups -OCH3 is 4. The molecule has 0 amide bonds. The molecule has 0 unspecified atom stereocenters. The smallest absolute Gasteiger partial charge is 0.344 e. The summed E-state index contributed by atoms with van der Waals surface area (Å²) in [4.78, 5) is 44.3. The summed E-state index contributed by atoms with van der Waals surface area (Å²) < 4.78 is 40.7. The molecule has 0 fully saturated rings. The number of allylic oxidation sites excluding steroid dienone is 1. The van der Waals surface area contributed by atoms with E-state index in [2.05, 4.69) is 27.6 Å². The van der Waals surface area contributed by atoms with Crippen molar-refractivity contribution in [2.75, 3.05) is 48.3 Å². The van der Waals surface area contributed by atoms with E-state index in [9.17, 15) is 14.4 Å². The van der Waals surface area contributed by atoms with Crippen LogP contribution in [0.5, 0.6) is 28.7 Å². The number of nitrogens with zero attached hydrogens (tertiary/aromatic N) is 2. The van der Waals surface area contributed by atoms with Crippen molar-refractivity contribution in [1.82, 2.24) is 4.57 Å². The van der Waals surface area contributed by atoms with Gasteiger partial charge in [-0.15, -0.1) is 0 Å². The van der Waals surface area contributed by atoms with Crippen LogP contribution in [0, 0.1) is 3.57 Å². The molecular formula is C31H33IN2O10S. The van der Waals surface area contributed by atoms with Crippen LogP contribution in [0.3, 0.4) is 0 Å². The van der Waals surface area contributed by atoms with Gasteiger partial charge in [0, 0.05) is 0 Å². The molecule has 0 bridgehead atoms. The molecule has 2 aromatic carbocycles. The van der Waals surface area contributed by atoms with Crippen LogP contribution < -0.4 is 38.6 Å². The summed E-state index contributed by atoms with van der Waals surface area (Å²) in [6.45, 7) is 5.24. The molecule has 1 atom stereocenters. The van der Waals surface area contributed by atoms with Crippen LogP contribution in [0.2, 0.25) is 0 Å². The summed E-state index contributed by atoms with van der Waals surface area (Å²) in [6, 6.07) is 6.00. The Balaban J connectivity index is 1.90. The largest absolute Gasteiger partial charge is 0.493 e. The molecule has 0 spiro atoms. The minimum absolute atomic E-state index is 0.141. The van der Waals surface area contributed by atoms with Gasteiger partial charge in [0.2, 0.25) is 5.75 Å². The predicted molar refractivity (Wildman–Crippen MR) is 174 cm³/mol. The first-order chi connectivity index (χ1) is 21.6. The minimum Gasteiger partial charge on any atom is -0.493 e. The summed E-state index contributed by atoms with van der Waals surface area (Å²) in [5, 5.41) is 0. The van der Waals surface area contributed by atoms with E-state index in [0.29, 0.717) is 58.5 Å². The van der Waals surface area contributed by atoms with Gasteiger partial charge >= 0.3 is 11.9 Å². The fraction of sp³-hybridized carbons (Fsp3) is 0.355. The normalized spacial score (nSPS) is 14.3. The molecule has 0 N–H and O–H groups in total. The van der Waals surface area contributed by atoms with Crippen LogP contribution in [-0.2, 0) is 19.1 Å². The number of carbonyl (C=O) groups excluding carboxylic acids is 2. The van der Waals surface area contributed by atoms with E-state index in [0.717, 1.165) is 0 Å². The molecule has 1 aromatic heterocycles. The molecule has 4 rings (SSSR count). The quantitative estimate of drug-likeness (QED) is 0.201. The average Bonchev–Trinajstić information content (AvgIpc) is 3.32. The van der Waals surface area contributed by atoms with Gasteiger partial charge in [0.15, 0.2) is 34.4 Å². The van der Waals surface area contributed by atoms with Crippen LogP contribution in [0.25, 0.3) is 6.08 Å². The van der Waals surface area contributed by atoms with Crippen molar-refractivity contribution in [2.45, 2.75) is 26.8 Å². The van der Waals surface area contributed by atoms with Crippen molar-refractivity contribution >= 4 is 51.9 Å². The first-order valence-corrected chi connectivity index (χ1v) is 15.7. The number of benzene rings is 2. The average molecular weight is 753 g/mol. The van der Waals surface area contributed by atoms with Gasteiger partial charge in [-0.1, -0.05) is 11.3 Å². The van der Waals surface area contributed by atoms with Crippen molar-refractivity contribution in [1.29, 1.82) is 0 Å². The maximum absolute atomic E-state index is 14.1. The zero-order valence-corrected chi connectivity index (χ0v) is 28.8. The zero-order valence-electron chi connectivity index (χ0n) is 25.8. The van der Waals surface area contributed by atoms with Gasteiger partial charge in [-0.05, 0) is 84.8 Å². The summed E-state index contributed by atoms with van der Waals surface area (Å²) in [5.41, 5.74) is 1.44. The van der Waals surface area contributed by atoms with Crippen LogP contribution in [-0.4, -0.2) is 64.8 Å². The van der Waals surface area contributed by atoms with Gasteiger partial charge in [-0.3, -0.25) is 9.36 Å². The number of hydrogen-bond donors (Lipinski definition) is 0. The highest BCUT2D eigenvalue weighted by molar-refractivity contribution is 14.1. The van der Waals surface area contributed by atoms with Crippen LogP contribution in [0.15, 0.2) is 45.3 Å². The van der Waals surface area contributed by atoms with Gasteiger partial charge in [-0.25, -0.2) is 14.6 Å². The highest BCUT2D eigenvalue weighted by atomic mass is 127. The number of thiazole rings is 1. The van der Waals surface area contributed by atoms with Crippen molar-refractivity contribution < 1.29 is 42.7 Å². The Morgan fingerprint density at radius 1 is 0.933 bits per heavy atom. The highest BCUT2D eigenvalue weighted by Gasteiger charge is 2.34. The summed E-state index contributed by atoms with van der Waals surface area (Å²) in [5.74, 6) is 0.748. The second-order valence-corrected chi connectivity index (χ2v) is 11.6. The van der Waals surface area contributed by atoms with Crippen LogP contribution in [0.1, 0.15) is 37.9 Å². The first kappa shape index (κ1) is 33.8. The number of aromatic nitrogens is 1. The molecule has 1 aliphatic rings. The maximum Gasteiger partial charge on any atom is 0.344 e. The molecule has 12 nitrogen and oxygen atoms in total. The van der Waals surface area contributed by atoms with Crippen molar-refractivity contribution in [3.63, 3.8) is 0 Å². The lowest BCUT2D eigenvalue weighted by molar-refractivity contribution is -0.145. The third-order valence-corrected chi connectivity index (χ3v) is 8.49. The number of ether oxygens (including phenoxy) is 7. The molecular weight excluding hydrogens is 719 g/mol. The van der Waals surface area contributed by atoms with Crippen molar-refractivity contribution in [2.24, 2.45) is 4.99 Å². The number of fused-ring (bicyclic) bond motifs is 1. The monoisotopic (exact) mass is 752 g/mol. The molecule has 0 radical (unpaired) electrons. The minimum atomic E-state index is -0.899. The third-order valence-electron chi connectivity index (χ3n) is 6.71. The topological polar surface area (TPSA) is 133 Å². The van der Waals surface area contributed by atoms with E-state index in [1.54, 1.807) is 51.1 Å². The first-order valence-electron chi connectivity index (χ1n) is 13.8. The van der Waals surface area contributed by atoms with E-state index in [4.69, 9.17) is 33.2 Å². The van der Waals surface area contributed by atoms with Crippen molar-refractivity contribution in [3.8, 4) is 28.7 Å².